The summed E-state index contributed by atoms with van der Waals surface area (Å²) in [5.74, 6) is 0. The van der Waals surface area contributed by atoms with E-state index in [1.165, 1.54) is 12.5 Å². The van der Waals surface area contributed by atoms with Crippen LogP contribution in [0.2, 0.25) is 0 Å². The second kappa shape index (κ2) is 5.51. The molecule has 2 aromatic heterocycles. The maximum Gasteiger partial charge on any atom is 0.349 e. The summed E-state index contributed by atoms with van der Waals surface area (Å²) in [6, 6.07) is 3.49. The van der Waals surface area contributed by atoms with Crippen molar-refractivity contribution in [2.45, 2.75) is 50.5 Å². The van der Waals surface area contributed by atoms with Gasteiger partial charge in [0.15, 0.2) is 0 Å². The Hall–Kier alpha value is -1.67. The third-order valence-electron chi connectivity index (χ3n) is 4.30. The molecule has 1 saturated carbocycles. The van der Waals surface area contributed by atoms with Gasteiger partial charge in [0.25, 0.3) is 0 Å². The highest BCUT2D eigenvalue weighted by Gasteiger charge is 2.33. The Morgan fingerprint density at radius 1 is 1.36 bits per heavy atom. The number of rotatable bonds is 2. The highest BCUT2D eigenvalue weighted by molar-refractivity contribution is 6.22. The first-order chi connectivity index (χ1) is 10.4. The first kappa shape index (κ1) is 15.2. The van der Waals surface area contributed by atoms with Crippen LogP contribution in [0.1, 0.15) is 55.0 Å². The number of fused-ring (bicyclic) bond motifs is 1. The van der Waals surface area contributed by atoms with Crippen molar-refractivity contribution in [1.29, 1.82) is 5.26 Å². The van der Waals surface area contributed by atoms with Crippen LogP contribution in [0.25, 0.3) is 11.0 Å². The fourth-order valence-corrected chi connectivity index (χ4v) is 3.47. The molecule has 0 aliphatic heterocycles. The van der Waals surface area contributed by atoms with Gasteiger partial charge in [0.1, 0.15) is 11.7 Å². The molecule has 1 aliphatic carbocycles. The first-order valence-electron chi connectivity index (χ1n) is 7.41. The van der Waals surface area contributed by atoms with E-state index in [4.69, 9.17) is 11.6 Å². The summed E-state index contributed by atoms with van der Waals surface area (Å²) in [6.45, 7) is 1.66. The van der Waals surface area contributed by atoms with Crippen LogP contribution in [0.4, 0.5) is 8.78 Å². The summed E-state index contributed by atoms with van der Waals surface area (Å²) in [5.41, 5.74) is 0.799. The number of halogens is 3. The highest BCUT2D eigenvalue weighted by atomic mass is 35.5. The Kier molecular flexibility index (Phi) is 3.82. The van der Waals surface area contributed by atoms with Gasteiger partial charge in [0, 0.05) is 23.3 Å². The van der Waals surface area contributed by atoms with Crippen LogP contribution >= 0.6 is 11.6 Å². The Bertz CT molecular complexity index is 749. The van der Waals surface area contributed by atoms with Crippen LogP contribution in [0.5, 0.6) is 0 Å². The van der Waals surface area contributed by atoms with E-state index < -0.39 is 5.38 Å². The van der Waals surface area contributed by atoms with Gasteiger partial charge in [-0.2, -0.15) is 14.0 Å². The second-order valence-electron chi connectivity index (χ2n) is 5.86. The molecular formula is C16H16ClF2N3. The normalized spacial score (nSPS) is 16.9. The molecule has 0 aromatic carbocycles. The lowest BCUT2D eigenvalue weighted by Gasteiger charge is -2.24. The molecule has 22 heavy (non-hydrogen) atoms. The van der Waals surface area contributed by atoms with E-state index in [0.29, 0.717) is 11.3 Å². The molecule has 3 rings (SSSR count). The van der Waals surface area contributed by atoms with Crippen molar-refractivity contribution < 1.29 is 8.78 Å². The molecule has 2 aromatic rings. The number of pyridine rings is 1. The number of hydrogen-bond donors (Lipinski definition) is 0. The number of aromatic nitrogens is 2. The van der Waals surface area contributed by atoms with Gasteiger partial charge in [-0.25, -0.2) is 4.98 Å². The minimum Gasteiger partial charge on any atom is -0.328 e. The molecule has 0 amide bonds. The lowest BCUT2D eigenvalue weighted by molar-refractivity contribution is 0.0967. The van der Waals surface area contributed by atoms with E-state index in [1.54, 1.807) is 13.1 Å². The maximum atomic E-state index is 13.8. The van der Waals surface area contributed by atoms with E-state index >= 15 is 0 Å². The topological polar surface area (TPSA) is 41.6 Å². The zero-order valence-electron chi connectivity index (χ0n) is 12.2. The average Bonchev–Trinajstić information content (AvgIpc) is 2.84. The van der Waals surface area contributed by atoms with Gasteiger partial charge in [0.05, 0.1) is 11.1 Å². The molecule has 1 aliphatic rings. The number of nitriles is 1. The lowest BCUT2D eigenvalue weighted by Crippen LogP contribution is -2.13. The minimum atomic E-state index is -3.52. The molecule has 0 bridgehead atoms. The molecule has 3 nitrogen and oxygen atoms in total. The van der Waals surface area contributed by atoms with Crippen LogP contribution in [0.15, 0.2) is 12.3 Å². The number of aryl methyl sites for hydroxylation is 1. The van der Waals surface area contributed by atoms with Crippen LogP contribution in [0, 0.1) is 18.3 Å². The third-order valence-corrected chi connectivity index (χ3v) is 4.51. The van der Waals surface area contributed by atoms with Crippen LogP contribution in [-0.2, 0) is 5.38 Å². The number of alkyl halides is 3. The summed E-state index contributed by atoms with van der Waals surface area (Å²) in [4.78, 5) is 4.41. The summed E-state index contributed by atoms with van der Waals surface area (Å²) >= 11 is 5.25. The molecule has 2 heterocycles. The van der Waals surface area contributed by atoms with Crippen LogP contribution in [0.3, 0.4) is 0 Å². The number of hydrogen-bond acceptors (Lipinski definition) is 2. The van der Waals surface area contributed by atoms with Crippen molar-refractivity contribution in [2.75, 3.05) is 0 Å². The van der Waals surface area contributed by atoms with Gasteiger partial charge in [-0.1, -0.05) is 19.3 Å². The Labute approximate surface area is 132 Å². The molecule has 0 N–H and O–H groups in total. The summed E-state index contributed by atoms with van der Waals surface area (Å²) in [7, 11) is 0. The van der Waals surface area contributed by atoms with Crippen LogP contribution in [-0.4, -0.2) is 9.55 Å². The molecule has 0 spiro atoms. The molecule has 0 atom stereocenters. The fourth-order valence-electron chi connectivity index (χ4n) is 3.32. The van der Waals surface area contributed by atoms with Crippen LogP contribution < -0.4 is 0 Å². The third kappa shape index (κ3) is 2.56. The van der Waals surface area contributed by atoms with Gasteiger partial charge in [0.2, 0.25) is 0 Å². The standard InChI is InChI=1S/C16H16ClF2N3/c1-10-7-13(16(17,18)19)14-11(8-20)9-22(15(14)21-10)12-5-3-2-4-6-12/h7,9,12H,2-6H2,1H3. The maximum absolute atomic E-state index is 13.8. The predicted octanol–water partition coefficient (Wildman–Crippen LogP) is 5.01. The summed E-state index contributed by atoms with van der Waals surface area (Å²) in [5, 5.41) is 5.99. The van der Waals surface area contributed by atoms with Gasteiger partial charge in [-0.3, -0.25) is 0 Å². The van der Waals surface area contributed by atoms with E-state index in [2.05, 4.69) is 4.98 Å². The van der Waals surface area contributed by atoms with Crippen molar-refractivity contribution in [3.05, 3.63) is 29.1 Å². The second-order valence-corrected chi connectivity index (χ2v) is 6.34. The van der Waals surface area contributed by atoms with E-state index in [9.17, 15) is 14.0 Å². The quantitative estimate of drug-likeness (QED) is 0.729. The Balaban J connectivity index is 2.28. The summed E-state index contributed by atoms with van der Waals surface area (Å²) < 4.78 is 29.4. The van der Waals surface area contributed by atoms with E-state index in [0.717, 1.165) is 25.7 Å². The average molecular weight is 324 g/mol. The lowest BCUT2D eigenvalue weighted by atomic mass is 9.95. The molecule has 0 saturated heterocycles. The highest BCUT2D eigenvalue weighted by Crippen LogP contribution is 2.40. The minimum absolute atomic E-state index is 0.179. The Morgan fingerprint density at radius 2 is 2.05 bits per heavy atom. The van der Waals surface area contributed by atoms with Crippen molar-refractivity contribution in [1.82, 2.24) is 9.55 Å². The molecule has 1 fully saturated rings. The molecule has 0 radical (unpaired) electrons. The SMILES string of the molecule is Cc1cc(C(F)(F)Cl)c2c(C#N)cn(C3CCCCC3)c2n1. The van der Waals surface area contributed by atoms with Crippen molar-refractivity contribution in [3.8, 4) is 6.07 Å². The summed E-state index contributed by atoms with van der Waals surface area (Å²) in [6.07, 6.45) is 7.03. The molecular weight excluding hydrogens is 308 g/mol. The van der Waals surface area contributed by atoms with Crippen molar-refractivity contribution in [2.24, 2.45) is 0 Å². The zero-order chi connectivity index (χ0) is 15.9. The van der Waals surface area contributed by atoms with E-state index in [1.807, 2.05) is 10.6 Å². The largest absolute Gasteiger partial charge is 0.349 e. The van der Waals surface area contributed by atoms with Gasteiger partial charge >= 0.3 is 5.38 Å². The number of nitrogens with zero attached hydrogens (tertiary/aromatic N) is 3. The Morgan fingerprint density at radius 3 is 2.64 bits per heavy atom. The fraction of sp³-hybridized carbons (Fsp3) is 0.500. The monoisotopic (exact) mass is 323 g/mol. The first-order valence-corrected chi connectivity index (χ1v) is 7.79. The molecule has 0 unspecified atom stereocenters. The van der Waals surface area contributed by atoms with Gasteiger partial charge < -0.3 is 4.57 Å². The zero-order valence-corrected chi connectivity index (χ0v) is 13.0. The van der Waals surface area contributed by atoms with Crippen molar-refractivity contribution >= 4 is 22.6 Å². The van der Waals surface area contributed by atoms with Gasteiger partial charge in [-0.15, -0.1) is 0 Å². The molecule has 6 heteroatoms. The smallest absolute Gasteiger partial charge is 0.328 e. The predicted molar refractivity (Wildman–Crippen MR) is 81.1 cm³/mol. The molecule has 116 valence electrons. The van der Waals surface area contributed by atoms with E-state index in [-0.39, 0.29) is 22.6 Å². The van der Waals surface area contributed by atoms with Gasteiger partial charge in [-0.05, 0) is 37.4 Å². The van der Waals surface area contributed by atoms with Crippen molar-refractivity contribution in [3.63, 3.8) is 0 Å².